The van der Waals surface area contributed by atoms with Crippen LogP contribution in [0.15, 0.2) is 5.16 Å². The highest BCUT2D eigenvalue weighted by atomic mass is 28.4. The Morgan fingerprint density at radius 3 is 2.34 bits per heavy atom. The molecule has 4 aliphatic rings. The Morgan fingerprint density at radius 2 is 1.71 bits per heavy atom. The number of rotatable bonds is 8. The summed E-state index contributed by atoms with van der Waals surface area (Å²) in [6.07, 6.45) is 12.0. The second kappa shape index (κ2) is 11.0. The highest BCUT2D eigenvalue weighted by Crippen LogP contribution is 2.67. The Balaban J connectivity index is 1.62. The van der Waals surface area contributed by atoms with E-state index >= 15 is 0 Å². The molecule has 4 fully saturated rings. The molecule has 0 radical (unpaired) electrons. The molecule has 4 aliphatic carbocycles. The van der Waals surface area contributed by atoms with Gasteiger partial charge < -0.3 is 13.7 Å². The largest absolute Gasteiger partial charge is 0.469 e. The lowest BCUT2D eigenvalue weighted by Gasteiger charge is -2.61. The minimum absolute atomic E-state index is 0.0672. The number of carbonyl (C=O) groups excluding carboxylic acids is 1. The van der Waals surface area contributed by atoms with Crippen molar-refractivity contribution in [1.29, 1.82) is 0 Å². The standard InChI is InChI=1S/C31H57NO4Si2/c1-21(11-16-29(33)34-4)25-14-15-26-24-13-12-22-19-23(35-37(5,6)7)17-18-30(22,2)27(24)20-28(31(25,26)3)32-36-38(8,9)10/h21-27H,11-20H2,1-10H3/t21?,22-,23-,24?,25?,26?,27?,30?,31?/m1/s1. The third-order valence-corrected chi connectivity index (χ3v) is 12.9. The van der Waals surface area contributed by atoms with Crippen LogP contribution in [-0.4, -0.2) is 41.5 Å². The van der Waals surface area contributed by atoms with Crippen LogP contribution in [0, 0.1) is 46.3 Å². The van der Waals surface area contributed by atoms with E-state index in [1.165, 1.54) is 57.8 Å². The molecule has 0 heterocycles. The summed E-state index contributed by atoms with van der Waals surface area (Å²) >= 11 is 0. The van der Waals surface area contributed by atoms with Gasteiger partial charge in [-0.05, 0) is 138 Å². The van der Waals surface area contributed by atoms with Crippen LogP contribution in [0.4, 0.5) is 0 Å². The highest BCUT2D eigenvalue weighted by molar-refractivity contribution is 6.70. The maximum atomic E-state index is 12.0. The zero-order valence-corrected chi connectivity index (χ0v) is 28.2. The molecule has 38 heavy (non-hydrogen) atoms. The number of nitrogens with zero attached hydrogens (tertiary/aromatic N) is 1. The minimum atomic E-state index is -1.79. The third kappa shape index (κ3) is 6.00. The first kappa shape index (κ1) is 30.3. The fourth-order valence-corrected chi connectivity index (χ4v) is 11.1. The van der Waals surface area contributed by atoms with Crippen molar-refractivity contribution in [1.82, 2.24) is 0 Å². The fraction of sp³-hybridized carbons (Fsp3) is 0.935. The van der Waals surface area contributed by atoms with Gasteiger partial charge in [-0.2, -0.15) is 0 Å². The van der Waals surface area contributed by atoms with Crippen molar-refractivity contribution in [3.63, 3.8) is 0 Å². The Morgan fingerprint density at radius 1 is 1.00 bits per heavy atom. The van der Waals surface area contributed by atoms with Crippen LogP contribution in [0.5, 0.6) is 0 Å². The van der Waals surface area contributed by atoms with E-state index in [0.717, 1.165) is 24.7 Å². The normalized spacial score (nSPS) is 41.2. The lowest BCUT2D eigenvalue weighted by molar-refractivity contribution is -0.141. The smallest absolute Gasteiger partial charge is 0.305 e. The Hall–Kier alpha value is -0.666. The van der Waals surface area contributed by atoms with E-state index < -0.39 is 16.6 Å². The van der Waals surface area contributed by atoms with Gasteiger partial charge in [-0.25, -0.2) is 0 Å². The van der Waals surface area contributed by atoms with Gasteiger partial charge in [-0.15, -0.1) is 5.16 Å². The molecule has 5 nitrogen and oxygen atoms in total. The van der Waals surface area contributed by atoms with Crippen LogP contribution >= 0.6 is 0 Å². The Kier molecular flexibility index (Phi) is 8.74. The summed E-state index contributed by atoms with van der Waals surface area (Å²) in [7, 11) is -1.81. The molecule has 0 amide bonds. The van der Waals surface area contributed by atoms with Crippen LogP contribution in [0.3, 0.4) is 0 Å². The van der Waals surface area contributed by atoms with Crippen molar-refractivity contribution in [2.75, 3.05) is 7.11 Å². The molecule has 9 atom stereocenters. The molecular weight excluding hydrogens is 507 g/mol. The summed E-state index contributed by atoms with van der Waals surface area (Å²) in [5, 5.41) is 5.10. The number of ether oxygens (including phenoxy) is 1. The molecule has 4 rings (SSSR count). The molecule has 7 unspecified atom stereocenters. The average molecular weight is 564 g/mol. The van der Waals surface area contributed by atoms with Crippen LogP contribution in [-0.2, 0) is 18.5 Å². The average Bonchev–Trinajstić information content (AvgIpc) is 3.17. The molecule has 0 aromatic heterocycles. The first-order valence-electron chi connectivity index (χ1n) is 15.6. The number of methoxy groups -OCH3 is 1. The zero-order valence-electron chi connectivity index (χ0n) is 26.2. The van der Waals surface area contributed by atoms with Crippen LogP contribution in [0.2, 0.25) is 39.3 Å². The van der Waals surface area contributed by atoms with E-state index in [1.54, 1.807) is 0 Å². The predicted octanol–water partition coefficient (Wildman–Crippen LogP) is 8.27. The minimum Gasteiger partial charge on any atom is -0.469 e. The molecular formula is C31H57NO4Si2. The first-order valence-corrected chi connectivity index (χ1v) is 22.4. The molecule has 0 spiro atoms. The molecule has 0 bridgehead atoms. The Bertz CT molecular complexity index is 895. The monoisotopic (exact) mass is 563 g/mol. The summed E-state index contributed by atoms with van der Waals surface area (Å²) in [4.78, 5) is 12.0. The maximum Gasteiger partial charge on any atom is 0.305 e. The maximum absolute atomic E-state index is 12.0. The van der Waals surface area contributed by atoms with Gasteiger partial charge in [0.05, 0.1) is 12.8 Å². The molecule has 0 aliphatic heterocycles. The summed E-state index contributed by atoms with van der Waals surface area (Å²) in [5.74, 6) is 3.84. The third-order valence-electron chi connectivity index (χ3n) is 11.2. The fourth-order valence-electron chi connectivity index (χ4n) is 9.47. The SMILES string of the molecule is COC(=O)CCC(C)C1CCC2C3CC[C@@H]4C[C@H](O[Si](C)(C)C)CCC4(C)C3CC(=NO[Si](C)(C)C)C12C. The van der Waals surface area contributed by atoms with E-state index in [4.69, 9.17) is 18.8 Å². The van der Waals surface area contributed by atoms with E-state index in [1.807, 2.05) is 0 Å². The van der Waals surface area contributed by atoms with Gasteiger partial charge >= 0.3 is 5.97 Å². The summed E-state index contributed by atoms with van der Waals surface area (Å²) in [6.45, 7) is 21.3. The van der Waals surface area contributed by atoms with Crippen LogP contribution < -0.4 is 0 Å². The van der Waals surface area contributed by atoms with Crippen molar-refractivity contribution >= 4 is 28.3 Å². The molecule has 0 saturated heterocycles. The molecule has 218 valence electrons. The van der Waals surface area contributed by atoms with Gasteiger partial charge in [-0.1, -0.05) is 20.8 Å². The molecule has 0 N–H and O–H groups in total. The lowest BCUT2D eigenvalue weighted by Crippen LogP contribution is -2.58. The van der Waals surface area contributed by atoms with Gasteiger partial charge in [0.15, 0.2) is 8.32 Å². The molecule has 0 aromatic carbocycles. The Labute approximate surface area is 235 Å². The van der Waals surface area contributed by atoms with Gasteiger partial charge in [0.1, 0.15) is 0 Å². The topological polar surface area (TPSA) is 57.1 Å². The number of carbonyl (C=O) groups is 1. The van der Waals surface area contributed by atoms with E-state index in [0.29, 0.717) is 41.6 Å². The second-order valence-electron chi connectivity index (χ2n) is 15.8. The number of esters is 1. The number of fused-ring (bicyclic) bond motifs is 5. The van der Waals surface area contributed by atoms with Crippen molar-refractivity contribution in [3.8, 4) is 0 Å². The van der Waals surface area contributed by atoms with Crippen LogP contribution in [0.25, 0.3) is 0 Å². The van der Waals surface area contributed by atoms with Crippen molar-refractivity contribution in [2.45, 2.75) is 130 Å². The highest BCUT2D eigenvalue weighted by Gasteiger charge is 2.63. The lowest BCUT2D eigenvalue weighted by atomic mass is 9.44. The quantitative estimate of drug-likeness (QED) is 0.169. The molecule has 4 saturated carbocycles. The van der Waals surface area contributed by atoms with Crippen LogP contribution in [0.1, 0.15) is 85.0 Å². The van der Waals surface area contributed by atoms with Crippen molar-refractivity contribution in [3.05, 3.63) is 0 Å². The van der Waals surface area contributed by atoms with Gasteiger partial charge in [-0.3, -0.25) is 4.79 Å². The molecule has 0 aromatic rings. The van der Waals surface area contributed by atoms with Crippen molar-refractivity contribution in [2.24, 2.45) is 51.5 Å². The summed E-state index contributed by atoms with van der Waals surface area (Å²) in [5.41, 5.74) is 1.79. The summed E-state index contributed by atoms with van der Waals surface area (Å²) < 4.78 is 18.0. The first-order chi connectivity index (χ1) is 17.6. The van der Waals surface area contributed by atoms with E-state index in [2.05, 4.69) is 60.1 Å². The van der Waals surface area contributed by atoms with Gasteiger partial charge in [0, 0.05) is 17.9 Å². The van der Waals surface area contributed by atoms with Gasteiger partial charge in [0.2, 0.25) is 0 Å². The zero-order chi connectivity index (χ0) is 28.1. The second-order valence-corrected chi connectivity index (χ2v) is 24.7. The molecule has 7 heteroatoms. The van der Waals surface area contributed by atoms with E-state index in [9.17, 15) is 4.79 Å². The predicted molar refractivity (Wildman–Crippen MR) is 161 cm³/mol. The number of hydrogen-bond acceptors (Lipinski definition) is 5. The van der Waals surface area contributed by atoms with Crippen molar-refractivity contribution < 1.29 is 18.5 Å². The van der Waals surface area contributed by atoms with Gasteiger partial charge in [0.25, 0.3) is 8.32 Å². The number of hydrogen-bond donors (Lipinski definition) is 0. The number of oxime groups is 1. The van der Waals surface area contributed by atoms with E-state index in [-0.39, 0.29) is 11.4 Å². The summed E-state index contributed by atoms with van der Waals surface area (Å²) in [6, 6.07) is 0.